The number of carbonyl (C=O) groups is 1. The zero-order chi connectivity index (χ0) is 13.8. The first kappa shape index (κ1) is 13.5. The quantitative estimate of drug-likeness (QED) is 0.870. The van der Waals surface area contributed by atoms with Crippen LogP contribution in [-0.4, -0.2) is 10.9 Å². The lowest BCUT2D eigenvalue weighted by atomic mass is 10.1. The normalized spacial score (nSPS) is 10.3. The van der Waals surface area contributed by atoms with Gasteiger partial charge in [-0.1, -0.05) is 30.7 Å². The van der Waals surface area contributed by atoms with E-state index in [1.807, 2.05) is 19.1 Å². The third kappa shape index (κ3) is 3.29. The first-order valence-corrected chi connectivity index (χ1v) is 6.19. The van der Waals surface area contributed by atoms with Crippen molar-refractivity contribution in [1.82, 2.24) is 4.98 Å². The van der Waals surface area contributed by atoms with Crippen LogP contribution in [0.5, 0.6) is 0 Å². The average molecular weight is 279 g/mol. The molecule has 1 heterocycles. The Kier molecular flexibility index (Phi) is 4.12. The molecule has 0 saturated heterocycles. The summed E-state index contributed by atoms with van der Waals surface area (Å²) >= 11 is 5.77. The van der Waals surface area contributed by atoms with Gasteiger partial charge in [0.2, 0.25) is 0 Å². The lowest BCUT2D eigenvalue weighted by Gasteiger charge is -2.07. The maximum Gasteiger partial charge on any atom is 0.258 e. The molecule has 0 bridgehead atoms. The molecule has 0 aliphatic heterocycles. The summed E-state index contributed by atoms with van der Waals surface area (Å²) in [6.07, 6.45) is 1.89. The van der Waals surface area contributed by atoms with E-state index in [4.69, 9.17) is 11.6 Å². The molecule has 2 aromatic rings. The molecule has 0 aliphatic rings. The fourth-order valence-corrected chi connectivity index (χ4v) is 1.79. The number of hydrogen-bond donors (Lipinski definition) is 1. The van der Waals surface area contributed by atoms with Crippen LogP contribution in [0.1, 0.15) is 22.8 Å². The highest BCUT2D eigenvalue weighted by Crippen LogP contribution is 2.17. The van der Waals surface area contributed by atoms with E-state index in [2.05, 4.69) is 10.3 Å². The first-order valence-electron chi connectivity index (χ1n) is 5.81. The van der Waals surface area contributed by atoms with Gasteiger partial charge < -0.3 is 5.32 Å². The zero-order valence-electron chi connectivity index (χ0n) is 10.3. The number of aromatic nitrogens is 1. The summed E-state index contributed by atoms with van der Waals surface area (Å²) < 4.78 is 13.0. The highest BCUT2D eigenvalue weighted by molar-refractivity contribution is 6.33. The molecule has 0 unspecified atom stereocenters. The second-order valence-corrected chi connectivity index (χ2v) is 4.35. The average Bonchev–Trinajstić information content (AvgIpc) is 2.42. The zero-order valence-corrected chi connectivity index (χ0v) is 11.0. The van der Waals surface area contributed by atoms with Crippen LogP contribution in [0.3, 0.4) is 0 Å². The van der Waals surface area contributed by atoms with Crippen LogP contribution in [0, 0.1) is 5.82 Å². The van der Waals surface area contributed by atoms with Gasteiger partial charge in [0, 0.05) is 5.69 Å². The van der Waals surface area contributed by atoms with Gasteiger partial charge in [-0.3, -0.25) is 4.79 Å². The van der Waals surface area contributed by atoms with Crippen molar-refractivity contribution in [3.63, 3.8) is 0 Å². The Hall–Kier alpha value is -1.94. The molecule has 98 valence electrons. The van der Waals surface area contributed by atoms with Crippen LogP contribution in [0.25, 0.3) is 0 Å². The van der Waals surface area contributed by atoms with Crippen LogP contribution < -0.4 is 5.32 Å². The fraction of sp³-hybridized carbons (Fsp3) is 0.143. The lowest BCUT2D eigenvalue weighted by molar-refractivity contribution is 0.102. The van der Waals surface area contributed by atoms with Gasteiger partial charge in [0.05, 0.1) is 11.8 Å². The maximum atomic E-state index is 13.0. The number of anilines is 1. The lowest BCUT2D eigenvalue weighted by Crippen LogP contribution is -2.13. The molecular weight excluding hydrogens is 267 g/mol. The largest absolute Gasteiger partial charge is 0.322 e. The summed E-state index contributed by atoms with van der Waals surface area (Å²) in [5, 5.41) is 2.62. The van der Waals surface area contributed by atoms with Gasteiger partial charge in [0.1, 0.15) is 11.0 Å². The Morgan fingerprint density at radius 2 is 2.05 bits per heavy atom. The molecule has 1 aromatic heterocycles. The fourth-order valence-electron chi connectivity index (χ4n) is 1.60. The van der Waals surface area contributed by atoms with E-state index in [0.29, 0.717) is 5.69 Å². The molecule has 19 heavy (non-hydrogen) atoms. The molecule has 2 rings (SSSR count). The van der Waals surface area contributed by atoms with Crippen molar-refractivity contribution in [3.05, 3.63) is 58.6 Å². The summed E-state index contributed by atoms with van der Waals surface area (Å²) in [5.74, 6) is -1.09. The van der Waals surface area contributed by atoms with Gasteiger partial charge in [-0.15, -0.1) is 0 Å². The van der Waals surface area contributed by atoms with Crippen LogP contribution >= 0.6 is 11.6 Å². The number of carbonyl (C=O) groups excluding carboxylic acids is 1. The van der Waals surface area contributed by atoms with Crippen molar-refractivity contribution < 1.29 is 9.18 Å². The third-order valence-corrected chi connectivity index (χ3v) is 2.97. The Morgan fingerprint density at radius 3 is 2.68 bits per heavy atom. The number of aryl methyl sites for hydroxylation is 1. The molecule has 1 amide bonds. The van der Waals surface area contributed by atoms with Crippen molar-refractivity contribution in [1.29, 1.82) is 0 Å². The Balaban J connectivity index is 2.18. The minimum Gasteiger partial charge on any atom is -0.322 e. The molecule has 5 heteroatoms. The predicted octanol–water partition coefficient (Wildman–Crippen LogP) is 3.69. The van der Waals surface area contributed by atoms with Crippen molar-refractivity contribution in [2.75, 3.05) is 5.32 Å². The van der Waals surface area contributed by atoms with E-state index >= 15 is 0 Å². The van der Waals surface area contributed by atoms with Crippen molar-refractivity contribution in [2.45, 2.75) is 13.3 Å². The smallest absolute Gasteiger partial charge is 0.258 e. The minimum atomic E-state index is -0.601. The molecular formula is C14H12ClFN2O. The second kappa shape index (κ2) is 5.80. The highest BCUT2D eigenvalue weighted by atomic mass is 35.5. The molecule has 0 spiro atoms. The van der Waals surface area contributed by atoms with Crippen molar-refractivity contribution in [3.8, 4) is 0 Å². The van der Waals surface area contributed by atoms with Gasteiger partial charge in [-0.2, -0.15) is 0 Å². The van der Waals surface area contributed by atoms with Gasteiger partial charge in [-0.25, -0.2) is 9.37 Å². The SMILES string of the molecule is CCc1ccc(NC(=O)c2cc(F)cnc2Cl)cc1. The molecule has 1 aromatic carbocycles. The summed E-state index contributed by atoms with van der Waals surface area (Å²) in [6, 6.07) is 8.47. The number of amides is 1. The van der Waals surface area contributed by atoms with Crippen molar-refractivity contribution in [2.24, 2.45) is 0 Å². The Labute approximate surface area is 115 Å². The second-order valence-electron chi connectivity index (χ2n) is 4.00. The minimum absolute atomic E-state index is 0.0150. The molecule has 0 fully saturated rings. The van der Waals surface area contributed by atoms with Crippen LogP contribution in [0.15, 0.2) is 36.5 Å². The van der Waals surface area contributed by atoms with Gasteiger partial charge >= 0.3 is 0 Å². The van der Waals surface area contributed by atoms with E-state index in [0.717, 1.165) is 18.7 Å². The standard InChI is InChI=1S/C14H12ClFN2O/c1-2-9-3-5-11(6-4-9)18-14(19)12-7-10(16)8-17-13(12)15/h3-8H,2H2,1H3,(H,18,19). The molecule has 0 atom stereocenters. The topological polar surface area (TPSA) is 42.0 Å². The van der Waals surface area contributed by atoms with E-state index in [1.54, 1.807) is 12.1 Å². The monoisotopic (exact) mass is 278 g/mol. The summed E-state index contributed by atoms with van der Waals surface area (Å²) in [6.45, 7) is 2.05. The van der Waals surface area contributed by atoms with Gasteiger partial charge in [0.15, 0.2) is 0 Å². The third-order valence-electron chi connectivity index (χ3n) is 2.67. The summed E-state index contributed by atoms with van der Waals surface area (Å²) in [7, 11) is 0. The number of nitrogens with zero attached hydrogens (tertiary/aromatic N) is 1. The number of pyridine rings is 1. The Morgan fingerprint density at radius 1 is 1.37 bits per heavy atom. The molecule has 0 radical (unpaired) electrons. The molecule has 0 saturated carbocycles. The Bertz CT molecular complexity index is 599. The van der Waals surface area contributed by atoms with E-state index in [9.17, 15) is 9.18 Å². The number of hydrogen-bond acceptors (Lipinski definition) is 2. The molecule has 0 aliphatic carbocycles. The van der Waals surface area contributed by atoms with Crippen molar-refractivity contribution >= 4 is 23.2 Å². The van der Waals surface area contributed by atoms with Gasteiger partial charge in [0.25, 0.3) is 5.91 Å². The summed E-state index contributed by atoms with van der Waals surface area (Å²) in [5.41, 5.74) is 1.81. The number of nitrogens with one attached hydrogen (secondary N) is 1. The van der Waals surface area contributed by atoms with Crippen LogP contribution in [-0.2, 0) is 6.42 Å². The van der Waals surface area contributed by atoms with Gasteiger partial charge in [-0.05, 0) is 30.2 Å². The van der Waals surface area contributed by atoms with E-state index < -0.39 is 11.7 Å². The van der Waals surface area contributed by atoms with Crippen LogP contribution in [0.4, 0.5) is 10.1 Å². The molecule has 3 nitrogen and oxygen atoms in total. The molecule has 1 N–H and O–H groups in total. The van der Waals surface area contributed by atoms with E-state index in [-0.39, 0.29) is 10.7 Å². The highest BCUT2D eigenvalue weighted by Gasteiger charge is 2.12. The first-order chi connectivity index (χ1) is 9.10. The van der Waals surface area contributed by atoms with Crippen LogP contribution in [0.2, 0.25) is 5.15 Å². The predicted molar refractivity (Wildman–Crippen MR) is 73.0 cm³/mol. The summed E-state index contributed by atoms with van der Waals surface area (Å²) in [4.78, 5) is 15.5. The number of benzene rings is 1. The number of rotatable bonds is 3. The number of halogens is 2. The maximum absolute atomic E-state index is 13.0. The van der Waals surface area contributed by atoms with E-state index in [1.165, 1.54) is 5.56 Å².